The standard InChI is InChI=1S/C16H13NO4S2/c18-16-11-4-1-2-5-12(11)21-13-6-3-7-14(15(13)17-16)23(19,20)9-10-8-22-10/h1-7,10H,8-9H2,(H,17,18). The molecule has 2 aromatic rings. The molecule has 1 amide bonds. The molecule has 0 aromatic heterocycles. The van der Waals surface area contributed by atoms with Gasteiger partial charge in [0.1, 0.15) is 11.4 Å². The Morgan fingerprint density at radius 3 is 2.65 bits per heavy atom. The topological polar surface area (TPSA) is 72.5 Å². The van der Waals surface area contributed by atoms with Gasteiger partial charge in [-0.2, -0.15) is 11.8 Å². The Morgan fingerprint density at radius 1 is 1.13 bits per heavy atom. The Labute approximate surface area is 138 Å². The number of anilines is 1. The van der Waals surface area contributed by atoms with Gasteiger partial charge in [0, 0.05) is 11.0 Å². The normalized spacial score (nSPS) is 19.0. The van der Waals surface area contributed by atoms with Crippen molar-refractivity contribution in [3.63, 3.8) is 0 Å². The minimum atomic E-state index is -3.48. The lowest BCUT2D eigenvalue weighted by Crippen LogP contribution is -2.16. The highest BCUT2D eigenvalue weighted by Crippen LogP contribution is 2.41. The first-order valence-electron chi connectivity index (χ1n) is 7.10. The Hall–Kier alpha value is -1.99. The molecular formula is C16H13NO4S2. The Kier molecular flexibility index (Phi) is 3.35. The molecule has 7 heteroatoms. The summed E-state index contributed by atoms with van der Waals surface area (Å²) in [6.45, 7) is 0. The second-order valence-corrected chi connectivity index (χ2v) is 8.75. The summed E-state index contributed by atoms with van der Waals surface area (Å²) in [5.41, 5.74) is 0.601. The summed E-state index contributed by atoms with van der Waals surface area (Å²) in [5, 5.41) is 2.85. The molecule has 23 heavy (non-hydrogen) atoms. The first-order valence-corrected chi connectivity index (χ1v) is 9.80. The summed E-state index contributed by atoms with van der Waals surface area (Å²) >= 11 is 1.62. The van der Waals surface area contributed by atoms with E-state index in [4.69, 9.17) is 4.74 Å². The number of carbonyl (C=O) groups is 1. The van der Waals surface area contributed by atoms with Crippen molar-refractivity contribution in [2.45, 2.75) is 10.1 Å². The van der Waals surface area contributed by atoms with Crippen molar-refractivity contribution in [3.8, 4) is 11.5 Å². The van der Waals surface area contributed by atoms with Gasteiger partial charge in [0.15, 0.2) is 15.6 Å². The lowest BCUT2D eigenvalue weighted by molar-refractivity contribution is 0.102. The van der Waals surface area contributed by atoms with Crippen LogP contribution in [-0.4, -0.2) is 31.1 Å². The number of hydrogen-bond acceptors (Lipinski definition) is 5. The van der Waals surface area contributed by atoms with Gasteiger partial charge in [-0.15, -0.1) is 0 Å². The quantitative estimate of drug-likeness (QED) is 0.864. The molecule has 2 aliphatic heterocycles. The van der Waals surface area contributed by atoms with Crippen LogP contribution in [0.5, 0.6) is 11.5 Å². The maximum Gasteiger partial charge on any atom is 0.259 e. The van der Waals surface area contributed by atoms with Crippen LogP contribution in [-0.2, 0) is 9.84 Å². The first-order chi connectivity index (χ1) is 11.0. The molecule has 0 aliphatic carbocycles. The fourth-order valence-corrected chi connectivity index (χ4v) is 5.38. The fourth-order valence-electron chi connectivity index (χ4n) is 2.52. The molecule has 2 aromatic carbocycles. The summed E-state index contributed by atoms with van der Waals surface area (Å²) in [6, 6.07) is 11.6. The molecule has 1 N–H and O–H groups in total. The smallest absolute Gasteiger partial charge is 0.259 e. The molecule has 5 nitrogen and oxygen atoms in total. The fraction of sp³-hybridized carbons (Fsp3) is 0.188. The molecule has 1 atom stereocenters. The number of fused-ring (bicyclic) bond motifs is 2. The molecule has 0 saturated carbocycles. The molecule has 1 fully saturated rings. The second-order valence-electron chi connectivity index (χ2n) is 5.42. The van der Waals surface area contributed by atoms with Crippen molar-refractivity contribution in [2.24, 2.45) is 0 Å². The molecule has 118 valence electrons. The zero-order chi connectivity index (χ0) is 16.0. The molecule has 2 heterocycles. The van der Waals surface area contributed by atoms with Crippen LogP contribution in [0.1, 0.15) is 10.4 Å². The summed E-state index contributed by atoms with van der Waals surface area (Å²) in [4.78, 5) is 12.5. The second kappa shape index (κ2) is 5.28. The molecule has 1 unspecified atom stereocenters. The van der Waals surface area contributed by atoms with Crippen LogP contribution in [0.3, 0.4) is 0 Å². The van der Waals surface area contributed by atoms with E-state index >= 15 is 0 Å². The van der Waals surface area contributed by atoms with Crippen LogP contribution >= 0.6 is 11.8 Å². The Bertz CT molecular complexity index is 904. The highest BCUT2D eigenvalue weighted by molar-refractivity contribution is 8.08. The van der Waals surface area contributed by atoms with Crippen LogP contribution in [0.15, 0.2) is 47.4 Å². The van der Waals surface area contributed by atoms with Crippen LogP contribution in [0.25, 0.3) is 0 Å². The molecule has 1 saturated heterocycles. The van der Waals surface area contributed by atoms with Crippen LogP contribution in [0.4, 0.5) is 5.69 Å². The predicted molar refractivity (Wildman–Crippen MR) is 89.2 cm³/mol. The van der Waals surface area contributed by atoms with Crippen molar-refractivity contribution in [3.05, 3.63) is 48.0 Å². The van der Waals surface area contributed by atoms with Gasteiger partial charge >= 0.3 is 0 Å². The molecule has 0 spiro atoms. The van der Waals surface area contributed by atoms with Gasteiger partial charge in [-0.3, -0.25) is 4.79 Å². The van der Waals surface area contributed by atoms with E-state index in [1.807, 2.05) is 0 Å². The predicted octanol–water partition coefficient (Wildman–Crippen LogP) is 2.93. The average Bonchev–Trinajstić information content (AvgIpc) is 3.33. The summed E-state index contributed by atoms with van der Waals surface area (Å²) < 4.78 is 31.0. The van der Waals surface area contributed by atoms with Crippen LogP contribution in [0.2, 0.25) is 0 Å². The lowest BCUT2D eigenvalue weighted by Gasteiger charge is -2.12. The van der Waals surface area contributed by atoms with Gasteiger partial charge in [-0.05, 0) is 24.3 Å². The van der Waals surface area contributed by atoms with Gasteiger partial charge < -0.3 is 10.1 Å². The highest BCUT2D eigenvalue weighted by atomic mass is 32.2. The van der Waals surface area contributed by atoms with Crippen LogP contribution in [0, 0.1) is 0 Å². The number of benzene rings is 2. The molecule has 2 aliphatic rings. The number of hydrogen-bond donors (Lipinski definition) is 1. The molecular weight excluding hydrogens is 334 g/mol. The monoisotopic (exact) mass is 347 g/mol. The summed E-state index contributed by atoms with van der Waals surface area (Å²) in [7, 11) is -3.48. The zero-order valence-corrected chi connectivity index (χ0v) is 13.6. The number of thioether (sulfide) groups is 1. The van der Waals surface area contributed by atoms with E-state index in [9.17, 15) is 13.2 Å². The number of ether oxygens (including phenoxy) is 1. The van der Waals surface area contributed by atoms with Gasteiger partial charge in [0.05, 0.1) is 16.2 Å². The highest BCUT2D eigenvalue weighted by Gasteiger charge is 2.33. The van der Waals surface area contributed by atoms with Gasteiger partial charge in [0.25, 0.3) is 5.91 Å². The molecule has 4 rings (SSSR count). The zero-order valence-electron chi connectivity index (χ0n) is 12.0. The first kappa shape index (κ1) is 14.6. The van der Waals surface area contributed by atoms with Crippen molar-refractivity contribution < 1.29 is 17.9 Å². The number of carbonyl (C=O) groups excluding carboxylic acids is 1. The minimum absolute atomic E-state index is 0.0803. The largest absolute Gasteiger partial charge is 0.454 e. The van der Waals surface area contributed by atoms with E-state index in [2.05, 4.69) is 5.32 Å². The summed E-state index contributed by atoms with van der Waals surface area (Å²) in [5.74, 6) is 1.33. The van der Waals surface area contributed by atoms with Crippen molar-refractivity contribution in [2.75, 3.05) is 16.8 Å². The lowest BCUT2D eigenvalue weighted by atomic mass is 10.2. The van der Waals surface area contributed by atoms with E-state index in [0.29, 0.717) is 17.1 Å². The number of amides is 1. The van der Waals surface area contributed by atoms with E-state index in [1.54, 1.807) is 48.2 Å². The number of para-hydroxylation sites is 2. The number of sulfone groups is 1. The van der Waals surface area contributed by atoms with Crippen molar-refractivity contribution >= 4 is 33.2 Å². The Balaban J connectivity index is 1.82. The maximum atomic E-state index is 12.6. The third-order valence-electron chi connectivity index (χ3n) is 3.72. The third kappa shape index (κ3) is 2.70. The maximum absolute atomic E-state index is 12.6. The number of nitrogens with one attached hydrogen (secondary N) is 1. The van der Waals surface area contributed by atoms with E-state index in [1.165, 1.54) is 6.07 Å². The van der Waals surface area contributed by atoms with Gasteiger partial charge in [-0.25, -0.2) is 8.42 Å². The van der Waals surface area contributed by atoms with Crippen LogP contribution < -0.4 is 10.1 Å². The Morgan fingerprint density at radius 2 is 1.87 bits per heavy atom. The van der Waals surface area contributed by atoms with E-state index in [-0.39, 0.29) is 27.5 Å². The van der Waals surface area contributed by atoms with Gasteiger partial charge in [-0.1, -0.05) is 18.2 Å². The summed E-state index contributed by atoms with van der Waals surface area (Å²) in [6.07, 6.45) is 0. The SMILES string of the molecule is O=C1Nc2c(cccc2S(=O)(=O)CC2CS2)Oc2ccccc21. The van der Waals surface area contributed by atoms with Crippen molar-refractivity contribution in [1.29, 1.82) is 0 Å². The van der Waals surface area contributed by atoms with E-state index in [0.717, 1.165) is 5.75 Å². The molecule has 0 radical (unpaired) electrons. The van der Waals surface area contributed by atoms with E-state index < -0.39 is 9.84 Å². The van der Waals surface area contributed by atoms with Gasteiger partial charge in [0.2, 0.25) is 0 Å². The minimum Gasteiger partial charge on any atom is -0.454 e. The number of rotatable bonds is 3. The molecule has 0 bridgehead atoms. The third-order valence-corrected chi connectivity index (χ3v) is 6.75. The van der Waals surface area contributed by atoms with Crippen molar-refractivity contribution in [1.82, 2.24) is 0 Å². The average molecular weight is 347 g/mol.